The Morgan fingerprint density at radius 1 is 0.689 bits per heavy atom. The molecule has 2 rings (SSSR count). The molecule has 0 radical (unpaired) electrons. The molecule has 1 heterocycles. The van der Waals surface area contributed by atoms with Crippen LogP contribution < -0.4 is 4.57 Å². The van der Waals surface area contributed by atoms with Crippen LogP contribution in [-0.2, 0) is 29.6 Å². The summed E-state index contributed by atoms with van der Waals surface area (Å²) >= 11 is 0. The topological polar surface area (TPSA) is 95.2 Å². The zero-order valence-electron chi connectivity index (χ0n) is 27.7. The molecule has 0 aliphatic heterocycles. The number of aromatic nitrogens is 1. The van der Waals surface area contributed by atoms with Crippen LogP contribution in [0.4, 0.5) is 0 Å². The van der Waals surface area contributed by atoms with Crippen molar-refractivity contribution in [2.24, 2.45) is 0 Å². The summed E-state index contributed by atoms with van der Waals surface area (Å²) < 4.78 is 36.1. The van der Waals surface area contributed by atoms with Crippen molar-refractivity contribution in [1.29, 1.82) is 0 Å². The van der Waals surface area contributed by atoms with Gasteiger partial charge in [0, 0.05) is 25.2 Å². The summed E-state index contributed by atoms with van der Waals surface area (Å²) in [5, 5.41) is 0. The predicted molar refractivity (Wildman–Crippen MR) is 179 cm³/mol. The van der Waals surface area contributed by atoms with Gasteiger partial charge in [0.1, 0.15) is 6.10 Å². The maximum atomic E-state index is 12.6. The van der Waals surface area contributed by atoms with Crippen molar-refractivity contribution in [1.82, 2.24) is 0 Å². The number of nitrogens with zero attached hydrogens (tertiary/aromatic N) is 1. The summed E-state index contributed by atoms with van der Waals surface area (Å²) in [6.07, 6.45) is 24.4. The van der Waals surface area contributed by atoms with Crippen LogP contribution in [0.15, 0.2) is 60.9 Å². The lowest BCUT2D eigenvalue weighted by Crippen LogP contribution is -2.32. The summed E-state index contributed by atoms with van der Waals surface area (Å²) in [6, 6.07) is 14.4. The number of pyridine rings is 1. The molecule has 1 aromatic heterocycles. The van der Waals surface area contributed by atoms with E-state index in [4.69, 9.17) is 18.5 Å². The highest BCUT2D eigenvalue weighted by Gasteiger charge is 2.26. The maximum absolute atomic E-state index is 12.6. The van der Waals surface area contributed by atoms with Gasteiger partial charge >= 0.3 is 13.8 Å². The molecule has 0 bridgehead atoms. The van der Waals surface area contributed by atoms with Crippen molar-refractivity contribution in [3.8, 4) is 0 Å². The van der Waals surface area contributed by atoms with Gasteiger partial charge in [0.2, 0.25) is 0 Å². The smallest absolute Gasteiger partial charge is 0.454 e. The van der Waals surface area contributed by atoms with E-state index in [2.05, 4.69) is 6.92 Å². The monoisotopic (exact) mass is 648 g/mol. The highest BCUT2D eigenvalue weighted by atomic mass is 31.2. The zero-order chi connectivity index (χ0) is 32.3. The second-order valence-corrected chi connectivity index (χ2v) is 13.3. The molecule has 1 N–H and O–H groups in total. The molecule has 0 aliphatic rings. The average Bonchev–Trinajstić information content (AvgIpc) is 3.05. The fourth-order valence-corrected chi connectivity index (χ4v) is 5.89. The zero-order valence-corrected chi connectivity index (χ0v) is 28.6. The molecule has 2 atom stereocenters. The fourth-order valence-electron chi connectivity index (χ4n) is 5.10. The van der Waals surface area contributed by atoms with E-state index in [1.54, 1.807) is 24.3 Å². The number of hydrogen-bond donors (Lipinski definition) is 1. The van der Waals surface area contributed by atoms with E-state index in [9.17, 15) is 14.3 Å². The number of phosphoric ester groups is 1. The molecule has 2 unspecified atom stereocenters. The van der Waals surface area contributed by atoms with Crippen LogP contribution in [0.1, 0.15) is 126 Å². The minimum absolute atomic E-state index is 0.0555. The van der Waals surface area contributed by atoms with E-state index in [-0.39, 0.29) is 19.8 Å². The van der Waals surface area contributed by atoms with Crippen molar-refractivity contribution < 1.29 is 37.3 Å². The van der Waals surface area contributed by atoms with Gasteiger partial charge in [0.05, 0.1) is 25.4 Å². The first-order chi connectivity index (χ1) is 22.0. The highest BCUT2D eigenvalue weighted by molar-refractivity contribution is 7.47. The largest absolute Gasteiger partial charge is 0.472 e. The molecule has 1 aromatic carbocycles. The Labute approximate surface area is 272 Å². The van der Waals surface area contributed by atoms with Gasteiger partial charge in [-0.05, 0) is 18.6 Å². The first-order valence-electron chi connectivity index (χ1n) is 17.4. The molecule has 0 saturated heterocycles. The van der Waals surface area contributed by atoms with Gasteiger partial charge in [-0.1, -0.05) is 128 Å². The lowest BCUT2D eigenvalue weighted by atomic mass is 10.0. The van der Waals surface area contributed by atoms with Crippen LogP contribution in [0.2, 0.25) is 0 Å². The highest BCUT2D eigenvalue weighted by Crippen LogP contribution is 2.43. The summed E-state index contributed by atoms with van der Waals surface area (Å²) in [5.74, 6) is -0.538. The van der Waals surface area contributed by atoms with Crippen LogP contribution in [0, 0.1) is 0 Å². The Hall–Kier alpha value is -2.09. The van der Waals surface area contributed by atoms with Gasteiger partial charge in [-0.25, -0.2) is 13.9 Å². The molecule has 254 valence electrons. The molecule has 8 nitrogen and oxygen atoms in total. The first-order valence-corrected chi connectivity index (χ1v) is 18.9. The Morgan fingerprint density at radius 3 is 1.80 bits per heavy atom. The number of carbonyl (C=O) groups is 1. The van der Waals surface area contributed by atoms with Gasteiger partial charge in [-0.15, -0.1) is 0 Å². The lowest BCUT2D eigenvalue weighted by molar-refractivity contribution is -0.697. The van der Waals surface area contributed by atoms with Crippen LogP contribution in [0.5, 0.6) is 0 Å². The quantitative estimate of drug-likeness (QED) is 0.0407. The normalized spacial score (nSPS) is 13.4. The van der Waals surface area contributed by atoms with E-state index in [0.29, 0.717) is 25.1 Å². The Kier molecular flexibility index (Phi) is 22.6. The van der Waals surface area contributed by atoms with Gasteiger partial charge in [0.25, 0.3) is 0 Å². The molecular weight excluding hydrogens is 589 g/mol. The second kappa shape index (κ2) is 26.0. The predicted octanol–water partition coefficient (Wildman–Crippen LogP) is 9.00. The summed E-state index contributed by atoms with van der Waals surface area (Å²) in [4.78, 5) is 22.8. The summed E-state index contributed by atoms with van der Waals surface area (Å²) in [6.45, 7) is 3.26. The second-order valence-electron chi connectivity index (χ2n) is 11.8. The molecular formula is C36H59NO7P+. The molecule has 0 aliphatic carbocycles. The third-order valence-electron chi connectivity index (χ3n) is 7.75. The standard InChI is InChI=1S/C36H58NO7P/c1-2-3-4-5-6-7-8-9-10-11-12-13-14-15-16-23-30-41-32-35(44-36(38)34-25-19-17-20-26-34)33-43-45(39,40)42-31-24-29-37-27-21-18-22-28-37/h17-22,25-28,35H,2-16,23-24,29-33H2,1H3/p+1. The first kappa shape index (κ1) is 39.1. The van der Waals surface area contributed by atoms with Crippen molar-refractivity contribution in [3.63, 3.8) is 0 Å². The Balaban J connectivity index is 1.57. The summed E-state index contributed by atoms with van der Waals surface area (Å²) in [5.41, 5.74) is 0.391. The summed E-state index contributed by atoms with van der Waals surface area (Å²) in [7, 11) is -4.32. The van der Waals surface area contributed by atoms with E-state index >= 15 is 0 Å². The molecule has 45 heavy (non-hydrogen) atoms. The fraction of sp³-hybridized carbons (Fsp3) is 0.667. The van der Waals surface area contributed by atoms with Crippen LogP contribution >= 0.6 is 7.82 Å². The molecule has 9 heteroatoms. The minimum atomic E-state index is -4.32. The number of ether oxygens (including phenoxy) is 2. The number of esters is 1. The van der Waals surface area contributed by atoms with Crippen molar-refractivity contribution in [2.75, 3.05) is 26.4 Å². The van der Waals surface area contributed by atoms with E-state index < -0.39 is 19.9 Å². The maximum Gasteiger partial charge on any atom is 0.472 e. The Bertz CT molecular complexity index is 1020. The van der Waals surface area contributed by atoms with Gasteiger partial charge in [-0.2, -0.15) is 0 Å². The molecule has 0 amide bonds. The average molecular weight is 649 g/mol. The van der Waals surface area contributed by atoms with E-state index in [1.807, 2.05) is 41.2 Å². The third-order valence-corrected chi connectivity index (χ3v) is 8.73. The van der Waals surface area contributed by atoms with Gasteiger partial charge < -0.3 is 14.4 Å². The number of rotatable bonds is 29. The number of carbonyl (C=O) groups excluding carboxylic acids is 1. The number of aryl methyl sites for hydroxylation is 1. The lowest BCUT2D eigenvalue weighted by Gasteiger charge is -2.20. The van der Waals surface area contributed by atoms with Crippen LogP contribution in [-0.4, -0.2) is 43.4 Å². The van der Waals surface area contributed by atoms with Crippen molar-refractivity contribution in [2.45, 2.75) is 129 Å². The number of benzene rings is 1. The molecule has 0 fully saturated rings. The molecule has 2 aromatic rings. The molecule has 0 saturated carbocycles. The number of hydrogen-bond acceptors (Lipinski definition) is 6. The van der Waals surface area contributed by atoms with Crippen LogP contribution in [0.25, 0.3) is 0 Å². The van der Waals surface area contributed by atoms with Crippen molar-refractivity contribution >= 4 is 13.8 Å². The third kappa shape index (κ3) is 21.4. The number of phosphoric acid groups is 1. The van der Waals surface area contributed by atoms with Gasteiger partial charge in [-0.3, -0.25) is 9.05 Å². The SMILES string of the molecule is CCCCCCCCCCCCCCCCCCOCC(COP(=O)(O)OCCC[n+]1ccccc1)OC(=O)c1ccccc1. The van der Waals surface area contributed by atoms with E-state index in [0.717, 1.165) is 12.8 Å². The molecule has 0 spiro atoms. The Morgan fingerprint density at radius 2 is 1.22 bits per heavy atom. The van der Waals surface area contributed by atoms with Crippen molar-refractivity contribution in [3.05, 3.63) is 66.5 Å². The number of unbranched alkanes of at least 4 members (excludes halogenated alkanes) is 15. The van der Waals surface area contributed by atoms with Crippen LogP contribution in [0.3, 0.4) is 0 Å². The minimum Gasteiger partial charge on any atom is -0.454 e. The van der Waals surface area contributed by atoms with E-state index in [1.165, 1.54) is 89.9 Å². The van der Waals surface area contributed by atoms with Gasteiger partial charge in [0.15, 0.2) is 18.9 Å².